The topological polar surface area (TPSA) is 114 Å². The summed E-state index contributed by atoms with van der Waals surface area (Å²) in [5, 5.41) is 11.2. The molecule has 4 heterocycles. The van der Waals surface area contributed by atoms with Crippen molar-refractivity contribution in [3.05, 3.63) is 42.5 Å². The Bertz CT molecular complexity index is 1210. The summed E-state index contributed by atoms with van der Waals surface area (Å²) in [6, 6.07) is 2.08. The zero-order chi connectivity index (χ0) is 22.7. The molecular weight excluding hydrogens is 410 g/mol. The number of amides is 1. The van der Waals surface area contributed by atoms with Gasteiger partial charge >= 0.3 is 0 Å². The Labute approximate surface area is 184 Å². The van der Waals surface area contributed by atoms with E-state index in [2.05, 4.69) is 47.0 Å². The Balaban J connectivity index is 1.52. The van der Waals surface area contributed by atoms with Gasteiger partial charge in [0.15, 0.2) is 5.82 Å². The first kappa shape index (κ1) is 21.0. The zero-order valence-corrected chi connectivity index (χ0v) is 17.9. The van der Waals surface area contributed by atoms with Gasteiger partial charge in [-0.05, 0) is 18.9 Å². The summed E-state index contributed by atoms with van der Waals surface area (Å²) < 4.78 is 6.90. The maximum absolute atomic E-state index is 11.7. The fourth-order valence-corrected chi connectivity index (χ4v) is 3.72. The lowest BCUT2D eigenvalue weighted by molar-refractivity contribution is -0.111. The number of piperidine rings is 1. The van der Waals surface area contributed by atoms with E-state index in [1.54, 1.807) is 10.9 Å². The smallest absolute Gasteiger partial charge is 0.264 e. The van der Waals surface area contributed by atoms with Crippen molar-refractivity contribution in [3.63, 3.8) is 0 Å². The predicted molar refractivity (Wildman–Crippen MR) is 121 cm³/mol. The summed E-state index contributed by atoms with van der Waals surface area (Å²) in [6.07, 6.45) is 6.32. The Hall–Kier alpha value is -4.20. The molecular formula is C21H23N9O2. The number of nitrogens with one attached hydrogen (secondary N) is 2. The summed E-state index contributed by atoms with van der Waals surface area (Å²) in [7, 11) is 3.31. The highest BCUT2D eigenvalue weighted by atomic mass is 16.5. The van der Waals surface area contributed by atoms with Crippen LogP contribution in [0.3, 0.4) is 0 Å². The monoisotopic (exact) mass is 433 g/mol. The second-order valence-corrected chi connectivity index (χ2v) is 7.35. The molecule has 164 valence electrons. The third-order valence-electron chi connectivity index (χ3n) is 5.28. The number of aryl methyl sites for hydroxylation is 1. The Morgan fingerprint density at radius 3 is 3.00 bits per heavy atom. The number of carbonyl (C=O) groups is 1. The van der Waals surface area contributed by atoms with Gasteiger partial charge in [-0.3, -0.25) is 9.48 Å². The number of hydrogen-bond acceptors (Lipinski definition) is 8. The van der Waals surface area contributed by atoms with E-state index < -0.39 is 0 Å². The largest absolute Gasteiger partial charge is 0.490 e. The van der Waals surface area contributed by atoms with Gasteiger partial charge in [0.2, 0.25) is 17.7 Å². The van der Waals surface area contributed by atoms with Crippen molar-refractivity contribution in [3.8, 4) is 5.88 Å². The van der Waals surface area contributed by atoms with Gasteiger partial charge in [0.1, 0.15) is 5.82 Å². The standard InChI is InChI=1S/C21H23N9O2/c1-5-18(31)26-19-14-10-23-17(9-16(14)29(3)28-19)30-8-6-7-13(12-30)25-21-24-11-15(22-2)20(27-21)32-4/h5,9-11,13H,1,6-8,12H2,3-4H3,(H,24,25,27)(H,26,28,31)/t13-/m1/s1. The van der Waals surface area contributed by atoms with E-state index in [0.717, 1.165) is 36.1 Å². The number of anilines is 3. The minimum atomic E-state index is -0.317. The highest BCUT2D eigenvalue weighted by molar-refractivity contribution is 6.04. The van der Waals surface area contributed by atoms with Crippen molar-refractivity contribution >= 4 is 40.1 Å². The number of nitrogens with zero attached hydrogens (tertiary/aromatic N) is 7. The fourth-order valence-electron chi connectivity index (χ4n) is 3.72. The highest BCUT2D eigenvalue weighted by Crippen LogP contribution is 2.28. The number of rotatable bonds is 6. The van der Waals surface area contributed by atoms with Crippen molar-refractivity contribution in [2.75, 3.05) is 35.7 Å². The van der Waals surface area contributed by atoms with E-state index >= 15 is 0 Å². The minimum Gasteiger partial charge on any atom is -0.490 e. The van der Waals surface area contributed by atoms with E-state index in [0.29, 0.717) is 18.3 Å². The van der Waals surface area contributed by atoms with Crippen molar-refractivity contribution in [1.82, 2.24) is 24.7 Å². The van der Waals surface area contributed by atoms with E-state index in [4.69, 9.17) is 11.3 Å². The lowest BCUT2D eigenvalue weighted by atomic mass is 10.1. The highest BCUT2D eigenvalue weighted by Gasteiger charge is 2.23. The third-order valence-corrected chi connectivity index (χ3v) is 5.28. The maximum Gasteiger partial charge on any atom is 0.264 e. The molecule has 1 fully saturated rings. The van der Waals surface area contributed by atoms with E-state index in [1.807, 2.05) is 13.1 Å². The van der Waals surface area contributed by atoms with Crippen LogP contribution in [0.5, 0.6) is 5.88 Å². The summed E-state index contributed by atoms with van der Waals surface area (Å²) in [5.74, 6) is 1.66. The van der Waals surface area contributed by atoms with Gasteiger partial charge in [0.05, 0.1) is 24.6 Å². The maximum atomic E-state index is 11.7. The van der Waals surface area contributed by atoms with Crippen LogP contribution in [0.1, 0.15) is 12.8 Å². The first-order valence-electron chi connectivity index (χ1n) is 10.1. The molecule has 11 nitrogen and oxygen atoms in total. The molecule has 1 saturated heterocycles. The van der Waals surface area contributed by atoms with Gasteiger partial charge in [-0.15, -0.1) is 0 Å². The zero-order valence-electron chi connectivity index (χ0n) is 17.9. The van der Waals surface area contributed by atoms with Crippen LogP contribution in [0.15, 0.2) is 31.1 Å². The van der Waals surface area contributed by atoms with E-state index in [9.17, 15) is 4.79 Å². The van der Waals surface area contributed by atoms with Crippen LogP contribution in [0, 0.1) is 6.57 Å². The van der Waals surface area contributed by atoms with Gasteiger partial charge in [-0.2, -0.15) is 10.1 Å². The van der Waals surface area contributed by atoms with Crippen molar-refractivity contribution in [2.45, 2.75) is 18.9 Å². The summed E-state index contributed by atoms with van der Waals surface area (Å²) in [5.41, 5.74) is 1.15. The quantitative estimate of drug-likeness (QED) is 0.450. The number of ether oxygens (including phenoxy) is 1. The Kier molecular flexibility index (Phi) is 5.85. The molecule has 0 saturated carbocycles. The van der Waals surface area contributed by atoms with Gasteiger partial charge in [-0.25, -0.2) is 14.8 Å². The predicted octanol–water partition coefficient (Wildman–Crippen LogP) is 2.52. The number of methoxy groups -OCH3 is 1. The summed E-state index contributed by atoms with van der Waals surface area (Å²) >= 11 is 0. The van der Waals surface area contributed by atoms with Crippen LogP contribution in [0.2, 0.25) is 0 Å². The number of hydrogen-bond donors (Lipinski definition) is 2. The second-order valence-electron chi connectivity index (χ2n) is 7.35. The molecule has 1 amide bonds. The third kappa shape index (κ3) is 4.15. The van der Waals surface area contributed by atoms with Crippen molar-refractivity contribution in [1.29, 1.82) is 0 Å². The van der Waals surface area contributed by atoms with Crippen LogP contribution in [0.25, 0.3) is 15.7 Å². The van der Waals surface area contributed by atoms with Gasteiger partial charge < -0.3 is 20.3 Å². The van der Waals surface area contributed by atoms with Gasteiger partial charge in [0.25, 0.3) is 5.69 Å². The molecule has 1 aliphatic rings. The van der Waals surface area contributed by atoms with Gasteiger partial charge in [0, 0.05) is 44.6 Å². The van der Waals surface area contributed by atoms with Crippen LogP contribution in [-0.4, -0.2) is 56.9 Å². The molecule has 0 radical (unpaired) electrons. The van der Waals surface area contributed by atoms with E-state index in [-0.39, 0.29) is 23.5 Å². The molecule has 1 aliphatic heterocycles. The SMILES string of the molecule is [C-]#[N+]c1cnc(N[C@@H]2CCCN(c3cc4c(cn3)c(NC(=O)C=C)nn4C)C2)nc1OC. The number of fused-ring (bicyclic) bond motifs is 1. The lowest BCUT2D eigenvalue weighted by Crippen LogP contribution is -2.42. The minimum absolute atomic E-state index is 0.110. The van der Waals surface area contributed by atoms with Crippen LogP contribution >= 0.6 is 0 Å². The number of pyridine rings is 1. The summed E-state index contributed by atoms with van der Waals surface area (Å²) in [4.78, 5) is 30.4. The molecule has 1 atom stereocenters. The average Bonchev–Trinajstić information content (AvgIpc) is 3.13. The molecule has 32 heavy (non-hydrogen) atoms. The number of aromatic nitrogens is 5. The molecule has 3 aromatic rings. The van der Waals surface area contributed by atoms with Crippen molar-refractivity contribution < 1.29 is 9.53 Å². The number of carbonyl (C=O) groups excluding carboxylic acids is 1. The van der Waals surface area contributed by atoms with Crippen LogP contribution < -0.4 is 20.3 Å². The molecule has 0 spiro atoms. The molecule has 3 aromatic heterocycles. The van der Waals surface area contributed by atoms with Crippen molar-refractivity contribution in [2.24, 2.45) is 7.05 Å². The Morgan fingerprint density at radius 1 is 1.41 bits per heavy atom. The average molecular weight is 433 g/mol. The lowest BCUT2D eigenvalue weighted by Gasteiger charge is -2.34. The molecule has 4 rings (SSSR count). The molecule has 11 heteroatoms. The fraction of sp³-hybridized carbons (Fsp3) is 0.333. The molecule has 0 unspecified atom stereocenters. The molecule has 0 bridgehead atoms. The van der Waals surface area contributed by atoms with Crippen LogP contribution in [0.4, 0.5) is 23.3 Å². The molecule has 2 N–H and O–H groups in total. The first-order valence-corrected chi connectivity index (χ1v) is 10.1. The van der Waals surface area contributed by atoms with Gasteiger partial charge in [-0.1, -0.05) is 6.58 Å². The second kappa shape index (κ2) is 8.89. The Morgan fingerprint density at radius 2 is 2.25 bits per heavy atom. The summed E-state index contributed by atoms with van der Waals surface area (Å²) in [6.45, 7) is 12.2. The van der Waals surface area contributed by atoms with E-state index in [1.165, 1.54) is 19.4 Å². The molecule has 0 aliphatic carbocycles. The first-order chi connectivity index (χ1) is 15.5. The molecule has 0 aromatic carbocycles. The normalized spacial score (nSPS) is 15.8. The van der Waals surface area contributed by atoms with Crippen LogP contribution in [-0.2, 0) is 11.8 Å².